The molecule has 0 saturated carbocycles. The van der Waals surface area contributed by atoms with Crippen LogP contribution in [0.25, 0.3) is 0 Å². The van der Waals surface area contributed by atoms with Crippen LogP contribution in [-0.2, 0) is 0 Å². The number of ketones is 1. The molecule has 0 heterocycles. The Balaban J connectivity index is 2.59. The van der Waals surface area contributed by atoms with Crippen LogP contribution in [0.15, 0.2) is 42.2 Å². The second-order valence-corrected chi connectivity index (χ2v) is 7.51. The van der Waals surface area contributed by atoms with Gasteiger partial charge >= 0.3 is 0 Å². The lowest BCUT2D eigenvalue weighted by Gasteiger charge is -2.11. The molecule has 2 aromatic carbocycles. The lowest BCUT2D eigenvalue weighted by atomic mass is 10.0. The summed E-state index contributed by atoms with van der Waals surface area (Å²) in [5, 5.41) is 0. The second-order valence-electron chi connectivity index (χ2n) is 4.03. The molecule has 0 atom stereocenters. The fourth-order valence-electron chi connectivity index (χ4n) is 1.68. The minimum absolute atomic E-state index is 0.175. The summed E-state index contributed by atoms with van der Waals surface area (Å²) in [4.78, 5) is 12.6. The Morgan fingerprint density at radius 2 is 1.40 bits per heavy atom. The Morgan fingerprint density at radius 3 is 1.95 bits per heavy atom. The van der Waals surface area contributed by atoms with Gasteiger partial charge in [-0.1, -0.05) is 31.9 Å². The van der Waals surface area contributed by atoms with E-state index in [-0.39, 0.29) is 5.78 Å². The van der Waals surface area contributed by atoms with Gasteiger partial charge in [-0.15, -0.1) is 0 Å². The minimum Gasteiger partial charge on any atom is -0.397 e. The van der Waals surface area contributed by atoms with Crippen molar-refractivity contribution in [3.8, 4) is 0 Å². The van der Waals surface area contributed by atoms with E-state index < -0.39 is 0 Å². The third kappa shape index (κ3) is 3.10. The van der Waals surface area contributed by atoms with Crippen molar-refractivity contribution in [1.82, 2.24) is 0 Å². The van der Waals surface area contributed by atoms with Crippen molar-refractivity contribution in [2.24, 2.45) is 0 Å². The van der Waals surface area contributed by atoms with Gasteiger partial charge in [-0.25, -0.2) is 0 Å². The number of anilines is 2. The van der Waals surface area contributed by atoms with Crippen LogP contribution in [0, 0.1) is 0 Å². The first-order valence-corrected chi connectivity index (χ1v) is 8.52. The summed E-state index contributed by atoms with van der Waals surface area (Å²) >= 11 is 13.3. The van der Waals surface area contributed by atoms with E-state index in [1.807, 2.05) is 6.07 Å². The maximum Gasteiger partial charge on any atom is 0.195 e. The van der Waals surface area contributed by atoms with Gasteiger partial charge in [0.15, 0.2) is 5.78 Å². The molecule has 7 heteroatoms. The van der Waals surface area contributed by atoms with E-state index in [0.29, 0.717) is 31.4 Å². The highest BCUT2D eigenvalue weighted by atomic mass is 79.9. The molecule has 3 nitrogen and oxygen atoms in total. The summed E-state index contributed by atoms with van der Waals surface area (Å²) in [6.07, 6.45) is 0. The van der Waals surface area contributed by atoms with Gasteiger partial charge in [-0.2, -0.15) is 0 Å². The Labute approximate surface area is 149 Å². The van der Waals surface area contributed by atoms with E-state index in [1.165, 1.54) is 0 Å². The lowest BCUT2D eigenvalue weighted by molar-refractivity contribution is 0.103. The van der Waals surface area contributed by atoms with Gasteiger partial charge in [0.05, 0.1) is 15.8 Å². The SMILES string of the molecule is Nc1c(Br)cc(C(=O)c2cc(Br)cc(Br)c2)c(N)c1Br. The van der Waals surface area contributed by atoms with Gasteiger partial charge in [0, 0.05) is 24.5 Å². The Morgan fingerprint density at radius 1 is 0.850 bits per heavy atom. The van der Waals surface area contributed by atoms with Crippen molar-refractivity contribution >= 4 is 80.9 Å². The van der Waals surface area contributed by atoms with Crippen LogP contribution >= 0.6 is 63.7 Å². The second kappa shape index (κ2) is 6.17. The molecule has 0 aromatic heterocycles. The molecule has 0 radical (unpaired) electrons. The van der Waals surface area contributed by atoms with E-state index in [2.05, 4.69) is 63.7 Å². The van der Waals surface area contributed by atoms with Crippen LogP contribution in [0.3, 0.4) is 0 Å². The predicted octanol–water partition coefficient (Wildman–Crippen LogP) is 5.13. The first kappa shape index (κ1) is 16.0. The van der Waals surface area contributed by atoms with Crippen LogP contribution in [0.1, 0.15) is 15.9 Å². The van der Waals surface area contributed by atoms with Gasteiger partial charge in [-0.3, -0.25) is 4.79 Å². The van der Waals surface area contributed by atoms with E-state index in [0.717, 1.165) is 8.95 Å². The number of carbonyl (C=O) groups excluding carboxylic acids is 1. The van der Waals surface area contributed by atoms with Crippen LogP contribution in [-0.4, -0.2) is 5.78 Å². The summed E-state index contributed by atoms with van der Waals surface area (Å²) in [5.41, 5.74) is 13.5. The van der Waals surface area contributed by atoms with Gasteiger partial charge in [-0.05, 0) is 56.1 Å². The van der Waals surface area contributed by atoms with Crippen molar-refractivity contribution < 1.29 is 4.79 Å². The number of hydrogen-bond donors (Lipinski definition) is 2. The third-order valence-electron chi connectivity index (χ3n) is 2.66. The zero-order chi connectivity index (χ0) is 15.0. The van der Waals surface area contributed by atoms with E-state index in [9.17, 15) is 4.79 Å². The number of nitrogen functional groups attached to an aromatic ring is 2. The molecule has 0 aliphatic rings. The largest absolute Gasteiger partial charge is 0.397 e. The maximum absolute atomic E-state index is 12.6. The molecular formula is C13H8Br4N2O. The molecular weight excluding hydrogens is 520 g/mol. The van der Waals surface area contributed by atoms with E-state index in [1.54, 1.807) is 18.2 Å². The van der Waals surface area contributed by atoms with Gasteiger partial charge < -0.3 is 11.5 Å². The molecule has 0 unspecified atom stereocenters. The molecule has 0 saturated heterocycles. The normalized spacial score (nSPS) is 10.6. The quantitative estimate of drug-likeness (QED) is 0.420. The third-order valence-corrected chi connectivity index (χ3v) is 5.09. The molecule has 0 aliphatic heterocycles. The van der Waals surface area contributed by atoms with Gasteiger partial charge in [0.25, 0.3) is 0 Å². The fraction of sp³-hybridized carbons (Fsp3) is 0. The molecule has 4 N–H and O–H groups in total. The molecule has 2 rings (SSSR count). The molecule has 20 heavy (non-hydrogen) atoms. The summed E-state index contributed by atoms with van der Waals surface area (Å²) in [5.74, 6) is -0.175. The lowest BCUT2D eigenvalue weighted by Crippen LogP contribution is -2.08. The van der Waals surface area contributed by atoms with E-state index in [4.69, 9.17) is 11.5 Å². The average Bonchev–Trinajstić information content (AvgIpc) is 2.38. The standard InChI is InChI=1S/C13H8Br4N2O/c14-6-1-5(2-7(15)3-6)13(20)8-4-9(16)12(19)10(17)11(8)18/h1-4H,18-19H2. The summed E-state index contributed by atoms with van der Waals surface area (Å²) in [6.45, 7) is 0. The molecule has 0 fully saturated rings. The smallest absolute Gasteiger partial charge is 0.195 e. The zero-order valence-corrected chi connectivity index (χ0v) is 16.2. The number of halogens is 4. The zero-order valence-electron chi connectivity index (χ0n) is 9.88. The topological polar surface area (TPSA) is 69.1 Å². The number of carbonyl (C=O) groups is 1. The first-order valence-electron chi connectivity index (χ1n) is 5.35. The van der Waals surface area contributed by atoms with Crippen LogP contribution in [0.5, 0.6) is 0 Å². The van der Waals surface area contributed by atoms with Crippen LogP contribution < -0.4 is 11.5 Å². The van der Waals surface area contributed by atoms with Crippen molar-refractivity contribution in [1.29, 1.82) is 0 Å². The highest BCUT2D eigenvalue weighted by Crippen LogP contribution is 2.37. The van der Waals surface area contributed by atoms with Gasteiger partial charge in [0.1, 0.15) is 0 Å². The minimum atomic E-state index is -0.175. The van der Waals surface area contributed by atoms with Crippen molar-refractivity contribution in [2.45, 2.75) is 0 Å². The molecule has 0 aliphatic carbocycles. The van der Waals surface area contributed by atoms with E-state index >= 15 is 0 Å². The summed E-state index contributed by atoms with van der Waals surface area (Å²) in [7, 11) is 0. The highest BCUT2D eigenvalue weighted by Gasteiger charge is 2.18. The van der Waals surface area contributed by atoms with Crippen LogP contribution in [0.2, 0.25) is 0 Å². The Kier molecular flexibility index (Phi) is 4.94. The number of hydrogen-bond acceptors (Lipinski definition) is 3. The monoisotopic (exact) mass is 524 g/mol. The van der Waals surface area contributed by atoms with Crippen molar-refractivity contribution in [3.63, 3.8) is 0 Å². The highest BCUT2D eigenvalue weighted by molar-refractivity contribution is 9.11. The molecule has 0 bridgehead atoms. The maximum atomic E-state index is 12.6. The molecule has 0 spiro atoms. The fourth-order valence-corrected chi connectivity index (χ4v) is 4.09. The van der Waals surface area contributed by atoms with Gasteiger partial charge in [0.2, 0.25) is 0 Å². The number of benzene rings is 2. The summed E-state index contributed by atoms with van der Waals surface area (Å²) < 4.78 is 2.75. The molecule has 104 valence electrons. The molecule has 0 amide bonds. The predicted molar refractivity (Wildman–Crippen MR) is 95.9 cm³/mol. The summed E-state index contributed by atoms with van der Waals surface area (Å²) in [6, 6.07) is 6.97. The number of rotatable bonds is 2. The molecule has 2 aromatic rings. The van der Waals surface area contributed by atoms with Crippen molar-refractivity contribution in [3.05, 3.63) is 53.3 Å². The first-order chi connectivity index (χ1) is 9.31. The Hall–Kier alpha value is -0.370. The average molecular weight is 528 g/mol. The number of nitrogens with two attached hydrogens (primary N) is 2. The van der Waals surface area contributed by atoms with Crippen molar-refractivity contribution in [2.75, 3.05) is 11.5 Å². The van der Waals surface area contributed by atoms with Crippen LogP contribution in [0.4, 0.5) is 11.4 Å². The Bertz CT molecular complexity index is 696.